The van der Waals surface area contributed by atoms with E-state index in [2.05, 4.69) is 12.1 Å². The van der Waals surface area contributed by atoms with E-state index in [1.165, 1.54) is 11.1 Å². The monoisotopic (exact) mass is 190 g/mol. The Kier molecular flexibility index (Phi) is 2.50. The van der Waals surface area contributed by atoms with E-state index in [1.54, 1.807) is 0 Å². The van der Waals surface area contributed by atoms with Crippen LogP contribution < -0.4 is 5.73 Å². The molecule has 0 spiro atoms. The normalized spacial score (nSPS) is 20.1. The van der Waals surface area contributed by atoms with Crippen molar-refractivity contribution in [2.75, 3.05) is 6.61 Å². The second kappa shape index (κ2) is 3.80. The van der Waals surface area contributed by atoms with Crippen molar-refractivity contribution >= 4 is 5.84 Å². The number of nitrogens with one attached hydrogen (secondary N) is 1. The minimum Gasteiger partial charge on any atom is -0.388 e. The summed E-state index contributed by atoms with van der Waals surface area (Å²) in [6.07, 6.45) is 1.44. The fourth-order valence-corrected chi connectivity index (χ4v) is 1.85. The van der Waals surface area contributed by atoms with Crippen LogP contribution in [0.4, 0.5) is 0 Å². The van der Waals surface area contributed by atoms with Gasteiger partial charge in [0.05, 0.1) is 18.5 Å². The van der Waals surface area contributed by atoms with Gasteiger partial charge >= 0.3 is 0 Å². The van der Waals surface area contributed by atoms with E-state index in [9.17, 15) is 0 Å². The third kappa shape index (κ3) is 1.77. The van der Waals surface area contributed by atoms with E-state index in [0.717, 1.165) is 13.0 Å². The van der Waals surface area contributed by atoms with E-state index in [0.29, 0.717) is 6.42 Å². The first kappa shape index (κ1) is 9.21. The van der Waals surface area contributed by atoms with E-state index in [-0.39, 0.29) is 11.9 Å². The highest BCUT2D eigenvalue weighted by atomic mass is 16.5. The molecule has 1 aromatic carbocycles. The van der Waals surface area contributed by atoms with Gasteiger partial charge in [0.1, 0.15) is 0 Å². The van der Waals surface area contributed by atoms with Crippen molar-refractivity contribution < 1.29 is 4.74 Å². The lowest BCUT2D eigenvalue weighted by Crippen LogP contribution is -2.21. The quantitative estimate of drug-likeness (QED) is 0.550. The van der Waals surface area contributed by atoms with Gasteiger partial charge in [-0.1, -0.05) is 24.3 Å². The first-order chi connectivity index (χ1) is 6.77. The lowest BCUT2D eigenvalue weighted by Gasteiger charge is -2.25. The van der Waals surface area contributed by atoms with Crippen molar-refractivity contribution in [2.24, 2.45) is 5.73 Å². The van der Waals surface area contributed by atoms with Crippen molar-refractivity contribution in [3.8, 4) is 0 Å². The zero-order valence-corrected chi connectivity index (χ0v) is 7.99. The van der Waals surface area contributed by atoms with Crippen LogP contribution in [-0.2, 0) is 11.2 Å². The summed E-state index contributed by atoms with van der Waals surface area (Å²) in [7, 11) is 0. The van der Waals surface area contributed by atoms with Crippen LogP contribution in [0.3, 0.4) is 0 Å². The zero-order valence-electron chi connectivity index (χ0n) is 7.99. The molecule has 0 saturated heterocycles. The molecule has 1 aromatic rings. The van der Waals surface area contributed by atoms with Crippen molar-refractivity contribution in [2.45, 2.75) is 18.9 Å². The number of ether oxygens (including phenoxy) is 1. The molecule has 3 heteroatoms. The molecule has 1 atom stereocenters. The summed E-state index contributed by atoms with van der Waals surface area (Å²) in [5.74, 6) is 0.187. The molecule has 3 nitrogen and oxygen atoms in total. The Morgan fingerprint density at radius 3 is 3.07 bits per heavy atom. The SMILES string of the molecule is N=C(N)CC1OCCc2ccccc21. The average molecular weight is 190 g/mol. The van der Waals surface area contributed by atoms with Crippen LogP contribution in [0.5, 0.6) is 0 Å². The molecule has 2 rings (SSSR count). The molecular weight excluding hydrogens is 176 g/mol. The molecule has 0 radical (unpaired) electrons. The van der Waals surface area contributed by atoms with Crippen molar-refractivity contribution in [1.82, 2.24) is 0 Å². The number of hydrogen-bond acceptors (Lipinski definition) is 2. The number of nitrogens with two attached hydrogens (primary N) is 1. The minimum absolute atomic E-state index is 0.0163. The molecule has 0 aromatic heterocycles. The van der Waals surface area contributed by atoms with E-state index in [1.807, 2.05) is 12.1 Å². The summed E-state index contributed by atoms with van der Waals surface area (Å²) in [6.45, 7) is 0.731. The Labute approximate surface area is 83.4 Å². The average Bonchev–Trinajstić information content (AvgIpc) is 2.18. The first-order valence-corrected chi connectivity index (χ1v) is 4.79. The van der Waals surface area contributed by atoms with E-state index < -0.39 is 0 Å². The zero-order chi connectivity index (χ0) is 9.97. The Morgan fingerprint density at radius 1 is 1.50 bits per heavy atom. The maximum Gasteiger partial charge on any atom is 0.0934 e. The molecule has 74 valence electrons. The van der Waals surface area contributed by atoms with Crippen molar-refractivity contribution in [3.05, 3.63) is 35.4 Å². The molecule has 0 fully saturated rings. The van der Waals surface area contributed by atoms with Crippen molar-refractivity contribution in [1.29, 1.82) is 5.41 Å². The van der Waals surface area contributed by atoms with Gasteiger partial charge in [0.2, 0.25) is 0 Å². The van der Waals surface area contributed by atoms with Gasteiger partial charge in [-0.3, -0.25) is 5.41 Å². The largest absolute Gasteiger partial charge is 0.388 e. The second-order valence-electron chi connectivity index (χ2n) is 3.54. The number of hydrogen-bond donors (Lipinski definition) is 2. The van der Waals surface area contributed by atoms with Gasteiger partial charge in [-0.25, -0.2) is 0 Å². The molecule has 3 N–H and O–H groups in total. The molecule has 14 heavy (non-hydrogen) atoms. The van der Waals surface area contributed by atoms with Crippen LogP contribution in [-0.4, -0.2) is 12.4 Å². The molecule has 0 aliphatic carbocycles. The number of benzene rings is 1. The summed E-state index contributed by atoms with van der Waals surface area (Å²) in [6, 6.07) is 8.21. The van der Waals surface area contributed by atoms with E-state index >= 15 is 0 Å². The van der Waals surface area contributed by atoms with Crippen LogP contribution >= 0.6 is 0 Å². The molecule has 1 aliphatic rings. The topological polar surface area (TPSA) is 59.1 Å². The molecule has 1 unspecified atom stereocenters. The summed E-state index contributed by atoms with van der Waals surface area (Å²) >= 11 is 0. The molecule has 1 aliphatic heterocycles. The molecule has 0 amide bonds. The third-order valence-electron chi connectivity index (χ3n) is 2.50. The summed E-state index contributed by atoms with van der Waals surface area (Å²) in [5, 5.41) is 7.27. The molecular formula is C11H14N2O. The number of amidine groups is 1. The van der Waals surface area contributed by atoms with Crippen LogP contribution in [0, 0.1) is 5.41 Å². The van der Waals surface area contributed by atoms with Gasteiger partial charge < -0.3 is 10.5 Å². The highest BCUT2D eigenvalue weighted by molar-refractivity contribution is 5.77. The van der Waals surface area contributed by atoms with Gasteiger partial charge in [0, 0.05) is 6.42 Å². The Balaban J connectivity index is 2.26. The summed E-state index contributed by atoms with van der Waals surface area (Å²) < 4.78 is 5.59. The van der Waals surface area contributed by atoms with Gasteiger partial charge in [0.25, 0.3) is 0 Å². The minimum atomic E-state index is -0.0163. The lowest BCUT2D eigenvalue weighted by atomic mass is 9.96. The molecule has 0 saturated carbocycles. The van der Waals surface area contributed by atoms with E-state index in [4.69, 9.17) is 15.9 Å². The smallest absolute Gasteiger partial charge is 0.0934 e. The predicted octanol–water partition coefficient (Wildman–Crippen LogP) is 1.63. The number of rotatable bonds is 2. The number of fused-ring (bicyclic) bond motifs is 1. The van der Waals surface area contributed by atoms with Gasteiger partial charge in [0.15, 0.2) is 0 Å². The van der Waals surface area contributed by atoms with Gasteiger partial charge in [-0.2, -0.15) is 0 Å². The van der Waals surface area contributed by atoms with Crippen LogP contribution in [0.1, 0.15) is 23.7 Å². The van der Waals surface area contributed by atoms with Crippen LogP contribution in [0.15, 0.2) is 24.3 Å². The second-order valence-corrected chi connectivity index (χ2v) is 3.54. The summed E-state index contributed by atoms with van der Waals surface area (Å²) in [5.41, 5.74) is 7.90. The fraction of sp³-hybridized carbons (Fsp3) is 0.364. The predicted molar refractivity (Wildman–Crippen MR) is 55.4 cm³/mol. The Bertz CT molecular complexity index is 349. The van der Waals surface area contributed by atoms with Crippen molar-refractivity contribution in [3.63, 3.8) is 0 Å². The molecule has 1 heterocycles. The third-order valence-corrected chi connectivity index (χ3v) is 2.50. The maximum atomic E-state index is 7.27. The fourth-order valence-electron chi connectivity index (χ4n) is 1.85. The van der Waals surface area contributed by atoms with Crippen LogP contribution in [0.25, 0.3) is 0 Å². The Hall–Kier alpha value is -1.35. The highest BCUT2D eigenvalue weighted by Gasteiger charge is 2.20. The Morgan fingerprint density at radius 2 is 2.29 bits per heavy atom. The standard InChI is InChI=1S/C11H14N2O/c12-11(13)7-10-9-4-2-1-3-8(9)5-6-14-10/h1-4,10H,5-7H2,(H3,12,13). The summed E-state index contributed by atoms with van der Waals surface area (Å²) in [4.78, 5) is 0. The molecule has 0 bridgehead atoms. The van der Waals surface area contributed by atoms with Gasteiger partial charge in [-0.05, 0) is 17.5 Å². The first-order valence-electron chi connectivity index (χ1n) is 4.79. The highest BCUT2D eigenvalue weighted by Crippen LogP contribution is 2.28. The maximum absolute atomic E-state index is 7.27. The lowest BCUT2D eigenvalue weighted by molar-refractivity contribution is 0.0472. The van der Waals surface area contributed by atoms with Gasteiger partial charge in [-0.15, -0.1) is 0 Å². The van der Waals surface area contributed by atoms with Crippen LogP contribution in [0.2, 0.25) is 0 Å².